The van der Waals surface area contributed by atoms with Crippen LogP contribution in [0.15, 0.2) is 42.5 Å². The molecule has 0 N–H and O–H groups in total. The number of nitro groups is 1. The molecule has 0 unspecified atom stereocenters. The van der Waals surface area contributed by atoms with Crippen molar-refractivity contribution in [3.63, 3.8) is 0 Å². The maximum Gasteiger partial charge on any atom is 0.315 e. The molecule has 21 heavy (non-hydrogen) atoms. The standard InChI is InChI=1S/C14H9F2NO4/c15-10-3-1-2-9(6-10)7-14(18)21-13-8-11(16)4-5-12(13)17(19)20/h1-6,8H,7H2. The quantitative estimate of drug-likeness (QED) is 0.376. The third kappa shape index (κ3) is 3.82. The van der Waals surface area contributed by atoms with Gasteiger partial charge < -0.3 is 4.74 Å². The van der Waals surface area contributed by atoms with Gasteiger partial charge in [-0.2, -0.15) is 0 Å². The summed E-state index contributed by atoms with van der Waals surface area (Å²) >= 11 is 0. The van der Waals surface area contributed by atoms with Gasteiger partial charge in [-0.1, -0.05) is 12.1 Å². The average Bonchev–Trinajstić information content (AvgIpc) is 2.38. The molecular weight excluding hydrogens is 284 g/mol. The van der Waals surface area contributed by atoms with Gasteiger partial charge in [0.05, 0.1) is 11.3 Å². The van der Waals surface area contributed by atoms with Gasteiger partial charge in [0, 0.05) is 12.1 Å². The number of nitrogens with zero attached hydrogens (tertiary/aromatic N) is 1. The molecule has 0 spiro atoms. The molecule has 0 aromatic heterocycles. The first-order valence-electron chi connectivity index (χ1n) is 5.85. The van der Waals surface area contributed by atoms with Gasteiger partial charge in [0.1, 0.15) is 11.6 Å². The Balaban J connectivity index is 2.16. The summed E-state index contributed by atoms with van der Waals surface area (Å²) in [5, 5.41) is 10.8. The zero-order valence-electron chi connectivity index (χ0n) is 10.6. The van der Waals surface area contributed by atoms with E-state index in [1.807, 2.05) is 0 Å². The summed E-state index contributed by atoms with van der Waals surface area (Å²) in [5.74, 6) is -2.62. The van der Waals surface area contributed by atoms with Gasteiger partial charge in [-0.25, -0.2) is 8.78 Å². The Bertz CT molecular complexity index is 703. The zero-order valence-corrected chi connectivity index (χ0v) is 10.6. The summed E-state index contributed by atoms with van der Waals surface area (Å²) in [7, 11) is 0. The minimum Gasteiger partial charge on any atom is -0.419 e. The molecule has 2 rings (SSSR count). The van der Waals surface area contributed by atoms with Crippen molar-refractivity contribution < 1.29 is 23.2 Å². The Morgan fingerprint density at radius 1 is 1.14 bits per heavy atom. The molecule has 0 radical (unpaired) electrons. The number of hydrogen-bond donors (Lipinski definition) is 0. The van der Waals surface area contributed by atoms with Crippen LogP contribution in [0.4, 0.5) is 14.5 Å². The molecule has 2 aromatic carbocycles. The predicted octanol–water partition coefficient (Wildman–Crippen LogP) is 3.02. The van der Waals surface area contributed by atoms with Gasteiger partial charge in [0.2, 0.25) is 5.75 Å². The largest absolute Gasteiger partial charge is 0.419 e. The van der Waals surface area contributed by atoms with Crippen molar-refractivity contribution in [3.05, 3.63) is 69.8 Å². The maximum atomic E-state index is 13.1. The van der Waals surface area contributed by atoms with Gasteiger partial charge in [-0.3, -0.25) is 14.9 Å². The second-order valence-electron chi connectivity index (χ2n) is 4.15. The Kier molecular flexibility index (Phi) is 4.22. The SMILES string of the molecule is O=C(Cc1cccc(F)c1)Oc1cc(F)ccc1[N+](=O)[O-]. The van der Waals surface area contributed by atoms with E-state index in [-0.39, 0.29) is 6.42 Å². The van der Waals surface area contributed by atoms with E-state index in [0.717, 1.165) is 24.3 Å². The average molecular weight is 293 g/mol. The topological polar surface area (TPSA) is 69.4 Å². The summed E-state index contributed by atoms with van der Waals surface area (Å²) in [6.07, 6.45) is -0.286. The number of rotatable bonds is 4. The van der Waals surface area contributed by atoms with Crippen LogP contribution in [0, 0.1) is 21.7 Å². The molecule has 0 aliphatic heterocycles. The molecule has 0 amide bonds. The lowest BCUT2D eigenvalue weighted by molar-refractivity contribution is -0.385. The minimum atomic E-state index is -0.852. The highest BCUT2D eigenvalue weighted by atomic mass is 19.1. The molecule has 0 atom stereocenters. The third-order valence-corrected chi connectivity index (χ3v) is 2.58. The molecule has 5 nitrogen and oxygen atoms in total. The van der Waals surface area contributed by atoms with Crippen LogP contribution < -0.4 is 4.74 Å². The number of halogens is 2. The highest BCUT2D eigenvalue weighted by Crippen LogP contribution is 2.27. The lowest BCUT2D eigenvalue weighted by Gasteiger charge is -2.05. The van der Waals surface area contributed by atoms with Crippen molar-refractivity contribution in [1.29, 1.82) is 0 Å². The van der Waals surface area contributed by atoms with E-state index in [1.54, 1.807) is 0 Å². The fraction of sp³-hybridized carbons (Fsp3) is 0.0714. The van der Waals surface area contributed by atoms with E-state index in [2.05, 4.69) is 0 Å². The van der Waals surface area contributed by atoms with Gasteiger partial charge in [-0.05, 0) is 23.8 Å². The smallest absolute Gasteiger partial charge is 0.315 e. The van der Waals surface area contributed by atoms with Crippen LogP contribution in [0.25, 0.3) is 0 Å². The molecule has 0 bridgehead atoms. The Morgan fingerprint density at radius 3 is 2.52 bits per heavy atom. The first kappa shape index (κ1) is 14.6. The predicted molar refractivity (Wildman–Crippen MR) is 68.8 cm³/mol. The van der Waals surface area contributed by atoms with Crippen LogP contribution in [0.3, 0.4) is 0 Å². The molecule has 0 aliphatic rings. The zero-order chi connectivity index (χ0) is 15.4. The van der Waals surface area contributed by atoms with Crippen LogP contribution in [0.5, 0.6) is 5.75 Å². The van der Waals surface area contributed by atoms with Crippen LogP contribution in [0.2, 0.25) is 0 Å². The van der Waals surface area contributed by atoms with Crippen LogP contribution in [0.1, 0.15) is 5.56 Å². The number of carbonyl (C=O) groups excluding carboxylic acids is 1. The van der Waals surface area contributed by atoms with Crippen molar-refractivity contribution >= 4 is 11.7 Å². The number of ether oxygens (including phenoxy) is 1. The number of hydrogen-bond acceptors (Lipinski definition) is 4. The molecular formula is C14H9F2NO4. The normalized spacial score (nSPS) is 10.2. The first-order valence-corrected chi connectivity index (χ1v) is 5.85. The van der Waals surface area contributed by atoms with Crippen LogP contribution in [-0.2, 0) is 11.2 Å². The van der Waals surface area contributed by atoms with E-state index in [4.69, 9.17) is 4.74 Å². The molecule has 108 valence electrons. The van der Waals surface area contributed by atoms with Crippen molar-refractivity contribution in [2.45, 2.75) is 6.42 Å². The molecule has 0 heterocycles. The van der Waals surface area contributed by atoms with Crippen molar-refractivity contribution in [2.75, 3.05) is 0 Å². The van der Waals surface area contributed by atoms with Gasteiger partial charge >= 0.3 is 11.7 Å². The minimum absolute atomic E-state index is 0.286. The maximum absolute atomic E-state index is 13.1. The summed E-state index contributed by atoms with van der Waals surface area (Å²) in [6, 6.07) is 7.82. The first-order chi connectivity index (χ1) is 9.95. The molecule has 7 heteroatoms. The van der Waals surface area contributed by atoms with Crippen molar-refractivity contribution in [2.24, 2.45) is 0 Å². The third-order valence-electron chi connectivity index (χ3n) is 2.58. The fourth-order valence-electron chi connectivity index (χ4n) is 1.69. The number of esters is 1. The molecule has 0 fully saturated rings. The molecule has 2 aromatic rings. The summed E-state index contributed by atoms with van der Waals surface area (Å²) < 4.78 is 30.8. The van der Waals surface area contributed by atoms with Gasteiger partial charge in [-0.15, -0.1) is 0 Å². The summed E-state index contributed by atoms with van der Waals surface area (Å²) in [4.78, 5) is 21.7. The van der Waals surface area contributed by atoms with Gasteiger partial charge in [0.25, 0.3) is 0 Å². The van der Waals surface area contributed by atoms with Crippen molar-refractivity contribution in [1.82, 2.24) is 0 Å². The van der Waals surface area contributed by atoms with E-state index < -0.39 is 34.0 Å². The molecule has 0 saturated heterocycles. The van der Waals surface area contributed by atoms with Crippen molar-refractivity contribution in [3.8, 4) is 5.75 Å². The monoisotopic (exact) mass is 293 g/mol. The summed E-state index contributed by atoms with van der Waals surface area (Å²) in [5.41, 5.74) is -0.178. The Hall–Kier alpha value is -2.83. The van der Waals surface area contributed by atoms with Crippen LogP contribution >= 0.6 is 0 Å². The van der Waals surface area contributed by atoms with E-state index in [9.17, 15) is 23.7 Å². The highest BCUT2D eigenvalue weighted by molar-refractivity contribution is 5.76. The Morgan fingerprint density at radius 2 is 1.86 bits per heavy atom. The second kappa shape index (κ2) is 6.08. The summed E-state index contributed by atoms with van der Waals surface area (Å²) in [6.45, 7) is 0. The van der Waals surface area contributed by atoms with Gasteiger partial charge in [0.15, 0.2) is 0 Å². The number of benzene rings is 2. The van der Waals surface area contributed by atoms with Crippen LogP contribution in [-0.4, -0.2) is 10.9 Å². The molecule has 0 saturated carbocycles. The second-order valence-corrected chi connectivity index (χ2v) is 4.15. The number of nitro benzene ring substituents is 1. The molecule has 0 aliphatic carbocycles. The lowest BCUT2D eigenvalue weighted by Crippen LogP contribution is -2.12. The fourth-order valence-corrected chi connectivity index (χ4v) is 1.69. The highest BCUT2D eigenvalue weighted by Gasteiger charge is 2.19. The van der Waals surface area contributed by atoms with E-state index in [0.29, 0.717) is 5.56 Å². The Labute approximate surface area is 117 Å². The lowest BCUT2D eigenvalue weighted by atomic mass is 10.1. The number of carbonyl (C=O) groups is 1. The van der Waals surface area contributed by atoms with E-state index in [1.165, 1.54) is 18.2 Å². The van der Waals surface area contributed by atoms with E-state index >= 15 is 0 Å².